The van der Waals surface area contributed by atoms with Crippen molar-refractivity contribution in [3.63, 3.8) is 0 Å². The molecule has 1 rings (SSSR count). The highest BCUT2D eigenvalue weighted by Gasteiger charge is 2.10. The second-order valence-electron chi connectivity index (χ2n) is 5.80. The van der Waals surface area contributed by atoms with Crippen molar-refractivity contribution in [1.82, 2.24) is 10.3 Å². The molecule has 0 aliphatic heterocycles. The van der Waals surface area contributed by atoms with Crippen LogP contribution < -0.4 is 10.2 Å². The van der Waals surface area contributed by atoms with Crippen LogP contribution in [0.25, 0.3) is 0 Å². The summed E-state index contributed by atoms with van der Waals surface area (Å²) in [6.07, 6.45) is 7.18. The number of pyridine rings is 1. The number of rotatable bonds is 11. The standard InChI is InChI=1S/C18H33N3/c1-5-8-11-21(12-9-6-2)18-14-16(15-19-4)13-17(20-18)10-7-3/h13-14,19H,5-12,15H2,1-4H3. The number of nitrogens with one attached hydrogen (secondary N) is 1. The Morgan fingerprint density at radius 1 is 1.00 bits per heavy atom. The van der Waals surface area contributed by atoms with Gasteiger partial charge in [-0.3, -0.25) is 0 Å². The molecule has 1 heterocycles. The summed E-state index contributed by atoms with van der Waals surface area (Å²) in [5.41, 5.74) is 2.59. The average Bonchev–Trinajstić information content (AvgIpc) is 2.48. The lowest BCUT2D eigenvalue weighted by Gasteiger charge is -2.25. The molecular weight excluding hydrogens is 258 g/mol. The van der Waals surface area contributed by atoms with Crippen molar-refractivity contribution in [3.8, 4) is 0 Å². The Morgan fingerprint density at radius 2 is 1.67 bits per heavy atom. The molecule has 21 heavy (non-hydrogen) atoms. The summed E-state index contributed by atoms with van der Waals surface area (Å²) in [6.45, 7) is 9.90. The smallest absolute Gasteiger partial charge is 0.129 e. The molecule has 0 saturated carbocycles. The van der Waals surface area contributed by atoms with Crippen LogP contribution in [-0.4, -0.2) is 25.1 Å². The molecule has 0 fully saturated rings. The van der Waals surface area contributed by atoms with E-state index in [0.29, 0.717) is 0 Å². The molecule has 0 unspecified atom stereocenters. The molecule has 0 aromatic carbocycles. The molecule has 0 bridgehead atoms. The average molecular weight is 291 g/mol. The summed E-state index contributed by atoms with van der Waals surface area (Å²) in [7, 11) is 2.01. The Bertz CT molecular complexity index is 358. The van der Waals surface area contributed by atoms with Gasteiger partial charge in [0.1, 0.15) is 5.82 Å². The Labute approximate surface area is 131 Å². The van der Waals surface area contributed by atoms with Crippen LogP contribution in [0.2, 0.25) is 0 Å². The van der Waals surface area contributed by atoms with E-state index in [1.54, 1.807) is 0 Å². The Kier molecular flexibility index (Phi) is 9.07. The van der Waals surface area contributed by atoms with Crippen LogP contribution in [0.1, 0.15) is 64.1 Å². The minimum absolute atomic E-state index is 0.918. The topological polar surface area (TPSA) is 28.2 Å². The molecule has 3 nitrogen and oxygen atoms in total. The van der Waals surface area contributed by atoms with Gasteiger partial charge in [0, 0.05) is 25.3 Å². The molecule has 1 N–H and O–H groups in total. The summed E-state index contributed by atoms with van der Waals surface area (Å²) in [5, 5.41) is 3.26. The van der Waals surface area contributed by atoms with Gasteiger partial charge in [0.05, 0.1) is 0 Å². The van der Waals surface area contributed by atoms with E-state index >= 15 is 0 Å². The number of unbranched alkanes of at least 4 members (excludes halogenated alkanes) is 2. The maximum atomic E-state index is 4.91. The summed E-state index contributed by atoms with van der Waals surface area (Å²) in [6, 6.07) is 4.52. The molecule has 0 spiro atoms. The van der Waals surface area contributed by atoms with Gasteiger partial charge < -0.3 is 10.2 Å². The Balaban J connectivity index is 2.96. The first-order chi connectivity index (χ1) is 10.2. The molecular formula is C18H33N3. The predicted octanol–water partition coefficient (Wildman–Crippen LogP) is 4.16. The molecule has 3 heteroatoms. The van der Waals surface area contributed by atoms with E-state index in [0.717, 1.165) is 32.5 Å². The van der Waals surface area contributed by atoms with Crippen LogP contribution in [0.15, 0.2) is 12.1 Å². The highest BCUT2D eigenvalue weighted by Crippen LogP contribution is 2.18. The van der Waals surface area contributed by atoms with Gasteiger partial charge in [-0.2, -0.15) is 0 Å². The lowest BCUT2D eigenvalue weighted by Crippen LogP contribution is -2.27. The monoisotopic (exact) mass is 291 g/mol. The minimum atomic E-state index is 0.918. The third-order valence-corrected chi connectivity index (χ3v) is 3.70. The van der Waals surface area contributed by atoms with Crippen molar-refractivity contribution in [2.45, 2.75) is 65.8 Å². The van der Waals surface area contributed by atoms with E-state index in [-0.39, 0.29) is 0 Å². The van der Waals surface area contributed by atoms with E-state index < -0.39 is 0 Å². The summed E-state index contributed by atoms with van der Waals surface area (Å²) < 4.78 is 0. The fraction of sp³-hybridized carbons (Fsp3) is 0.722. The van der Waals surface area contributed by atoms with E-state index in [2.05, 4.69) is 43.1 Å². The van der Waals surface area contributed by atoms with Crippen molar-refractivity contribution in [3.05, 3.63) is 23.4 Å². The first kappa shape index (κ1) is 18.0. The fourth-order valence-electron chi connectivity index (χ4n) is 2.52. The molecule has 0 aliphatic rings. The molecule has 120 valence electrons. The molecule has 1 aromatic heterocycles. The second kappa shape index (κ2) is 10.6. The van der Waals surface area contributed by atoms with E-state index in [4.69, 9.17) is 4.98 Å². The summed E-state index contributed by atoms with van der Waals surface area (Å²) in [4.78, 5) is 7.39. The molecule has 0 amide bonds. The van der Waals surface area contributed by atoms with Gasteiger partial charge in [0.25, 0.3) is 0 Å². The quantitative estimate of drug-likeness (QED) is 0.663. The first-order valence-electron chi connectivity index (χ1n) is 8.64. The van der Waals surface area contributed by atoms with Crippen LogP contribution in [0.4, 0.5) is 5.82 Å². The fourth-order valence-corrected chi connectivity index (χ4v) is 2.52. The number of hydrogen-bond donors (Lipinski definition) is 1. The highest BCUT2D eigenvalue weighted by atomic mass is 15.2. The van der Waals surface area contributed by atoms with Crippen LogP contribution >= 0.6 is 0 Å². The molecule has 0 radical (unpaired) electrons. The first-order valence-corrected chi connectivity index (χ1v) is 8.64. The number of anilines is 1. The third kappa shape index (κ3) is 6.47. The van der Waals surface area contributed by atoms with Gasteiger partial charge in [-0.05, 0) is 44.0 Å². The van der Waals surface area contributed by atoms with Crippen molar-refractivity contribution >= 4 is 5.82 Å². The SMILES string of the molecule is CCCCN(CCCC)c1cc(CNC)cc(CCC)n1. The van der Waals surface area contributed by atoms with Crippen molar-refractivity contribution < 1.29 is 0 Å². The number of aryl methyl sites for hydroxylation is 1. The van der Waals surface area contributed by atoms with Crippen molar-refractivity contribution in [2.24, 2.45) is 0 Å². The number of aromatic nitrogens is 1. The van der Waals surface area contributed by atoms with Gasteiger partial charge in [0.2, 0.25) is 0 Å². The normalized spacial score (nSPS) is 10.9. The number of hydrogen-bond acceptors (Lipinski definition) is 3. The van der Waals surface area contributed by atoms with Gasteiger partial charge in [-0.25, -0.2) is 4.98 Å². The Morgan fingerprint density at radius 3 is 2.19 bits per heavy atom. The zero-order chi connectivity index (χ0) is 15.5. The molecule has 0 saturated heterocycles. The van der Waals surface area contributed by atoms with Gasteiger partial charge in [-0.15, -0.1) is 0 Å². The zero-order valence-corrected chi connectivity index (χ0v) is 14.4. The van der Waals surface area contributed by atoms with Crippen LogP contribution in [0, 0.1) is 0 Å². The predicted molar refractivity (Wildman–Crippen MR) is 93.0 cm³/mol. The van der Waals surface area contributed by atoms with Gasteiger partial charge in [-0.1, -0.05) is 40.0 Å². The number of nitrogens with zero attached hydrogens (tertiary/aromatic N) is 2. The zero-order valence-electron chi connectivity index (χ0n) is 14.4. The third-order valence-electron chi connectivity index (χ3n) is 3.70. The largest absolute Gasteiger partial charge is 0.357 e. The lowest BCUT2D eigenvalue weighted by molar-refractivity contribution is 0.667. The van der Waals surface area contributed by atoms with Crippen LogP contribution in [-0.2, 0) is 13.0 Å². The minimum Gasteiger partial charge on any atom is -0.357 e. The molecule has 0 aliphatic carbocycles. The van der Waals surface area contributed by atoms with Crippen LogP contribution in [0.5, 0.6) is 0 Å². The second-order valence-corrected chi connectivity index (χ2v) is 5.80. The van der Waals surface area contributed by atoms with Crippen LogP contribution in [0.3, 0.4) is 0 Å². The highest BCUT2D eigenvalue weighted by molar-refractivity contribution is 5.43. The molecule has 1 aromatic rings. The lowest BCUT2D eigenvalue weighted by atomic mass is 10.1. The van der Waals surface area contributed by atoms with Crippen molar-refractivity contribution in [1.29, 1.82) is 0 Å². The van der Waals surface area contributed by atoms with E-state index in [1.807, 2.05) is 7.05 Å². The maximum Gasteiger partial charge on any atom is 0.129 e. The Hall–Kier alpha value is -1.09. The van der Waals surface area contributed by atoms with Gasteiger partial charge >= 0.3 is 0 Å². The van der Waals surface area contributed by atoms with E-state index in [1.165, 1.54) is 42.8 Å². The summed E-state index contributed by atoms with van der Waals surface area (Å²) in [5.74, 6) is 1.17. The van der Waals surface area contributed by atoms with E-state index in [9.17, 15) is 0 Å². The molecule has 0 atom stereocenters. The summed E-state index contributed by atoms with van der Waals surface area (Å²) >= 11 is 0. The maximum absolute atomic E-state index is 4.91. The van der Waals surface area contributed by atoms with Gasteiger partial charge in [0.15, 0.2) is 0 Å². The van der Waals surface area contributed by atoms with Crippen molar-refractivity contribution in [2.75, 3.05) is 25.0 Å².